The van der Waals surface area contributed by atoms with E-state index in [9.17, 15) is 0 Å². The summed E-state index contributed by atoms with van der Waals surface area (Å²) in [6, 6.07) is 31.4. The van der Waals surface area contributed by atoms with Gasteiger partial charge >= 0.3 is 0 Å². The smallest absolute Gasteiger partial charge is 0.123 e. The van der Waals surface area contributed by atoms with Gasteiger partial charge in [0, 0.05) is 36.7 Å². The molecule has 1 N–H and O–H groups in total. The number of hydrogen-bond acceptors (Lipinski definition) is 3. The van der Waals surface area contributed by atoms with Crippen LogP contribution in [0.1, 0.15) is 29.0 Å². The third-order valence-electron chi connectivity index (χ3n) is 6.93. The van der Waals surface area contributed by atoms with Crippen LogP contribution in [0.5, 0.6) is 5.75 Å². The minimum absolute atomic E-state index is 0. The quantitative estimate of drug-likeness (QED) is 0.559. The van der Waals surface area contributed by atoms with Gasteiger partial charge < -0.3 is 10.1 Å². The topological polar surface area (TPSA) is 24.5 Å². The molecule has 3 aromatic rings. The van der Waals surface area contributed by atoms with Crippen LogP contribution in [-0.2, 0) is 6.54 Å². The molecule has 0 aromatic heterocycles. The average Bonchev–Trinajstić information content (AvgIpc) is 3.42. The molecule has 162 valence electrons. The third kappa shape index (κ3) is 4.36. The molecule has 2 aliphatic rings. The number of methoxy groups -OCH3 is 1. The second-order valence-corrected chi connectivity index (χ2v) is 8.55. The van der Waals surface area contributed by atoms with Gasteiger partial charge in [0.1, 0.15) is 5.75 Å². The zero-order valence-electron chi connectivity index (χ0n) is 18.0. The van der Waals surface area contributed by atoms with E-state index in [2.05, 4.69) is 89.1 Å². The van der Waals surface area contributed by atoms with Crippen LogP contribution in [0.4, 0.5) is 0 Å². The molecular weight excluding hydrogens is 404 g/mol. The van der Waals surface area contributed by atoms with Gasteiger partial charge in [-0.25, -0.2) is 0 Å². The molecule has 3 nitrogen and oxygen atoms in total. The molecule has 4 atom stereocenters. The number of fused-ring (bicyclic) bond motifs is 2. The maximum absolute atomic E-state index is 5.58. The second kappa shape index (κ2) is 9.86. The van der Waals surface area contributed by atoms with Crippen molar-refractivity contribution in [3.05, 3.63) is 102 Å². The summed E-state index contributed by atoms with van der Waals surface area (Å²) in [7, 11) is 1.76. The lowest BCUT2D eigenvalue weighted by atomic mass is 9.78. The van der Waals surface area contributed by atoms with Gasteiger partial charge in [-0.3, -0.25) is 4.90 Å². The van der Waals surface area contributed by atoms with Gasteiger partial charge in [0.2, 0.25) is 0 Å². The Morgan fingerprint density at radius 3 is 2.16 bits per heavy atom. The van der Waals surface area contributed by atoms with Crippen molar-refractivity contribution >= 4 is 12.4 Å². The van der Waals surface area contributed by atoms with Gasteiger partial charge in [-0.05, 0) is 36.1 Å². The van der Waals surface area contributed by atoms with E-state index in [0.29, 0.717) is 23.9 Å². The predicted molar refractivity (Wildman–Crippen MR) is 129 cm³/mol. The first-order valence-corrected chi connectivity index (χ1v) is 11.0. The first-order chi connectivity index (χ1) is 14.8. The Morgan fingerprint density at radius 1 is 0.903 bits per heavy atom. The van der Waals surface area contributed by atoms with Crippen molar-refractivity contribution < 1.29 is 4.74 Å². The third-order valence-corrected chi connectivity index (χ3v) is 6.93. The van der Waals surface area contributed by atoms with Crippen molar-refractivity contribution in [1.82, 2.24) is 10.2 Å². The summed E-state index contributed by atoms with van der Waals surface area (Å²) in [5.41, 5.74) is 4.04. The number of nitrogens with one attached hydrogen (secondary N) is 1. The Labute approximate surface area is 191 Å². The lowest BCUT2D eigenvalue weighted by Crippen LogP contribution is -2.50. The molecule has 3 aromatic carbocycles. The molecule has 2 aliphatic heterocycles. The number of piperidine rings is 1. The number of benzene rings is 3. The maximum Gasteiger partial charge on any atom is 0.123 e. The van der Waals surface area contributed by atoms with E-state index in [4.69, 9.17) is 4.74 Å². The number of halogens is 1. The van der Waals surface area contributed by atoms with E-state index in [-0.39, 0.29) is 12.4 Å². The highest BCUT2D eigenvalue weighted by Crippen LogP contribution is 2.43. The maximum atomic E-state index is 5.58. The Bertz CT molecular complexity index is 926. The molecule has 31 heavy (non-hydrogen) atoms. The summed E-state index contributed by atoms with van der Waals surface area (Å²) in [5.74, 6) is 2.04. The van der Waals surface area contributed by atoms with Crippen LogP contribution in [0.3, 0.4) is 0 Å². The fourth-order valence-electron chi connectivity index (χ4n) is 5.58. The van der Waals surface area contributed by atoms with Crippen LogP contribution in [-0.4, -0.2) is 37.2 Å². The van der Waals surface area contributed by atoms with Crippen molar-refractivity contribution in [2.75, 3.05) is 20.2 Å². The van der Waals surface area contributed by atoms with E-state index >= 15 is 0 Å². The standard InChI is InChI=1S/C27H30N2O.ClH/c1-30-24-15-9-8-14-22(24)18-28-26-23-16-17-29(19-23)27(26)25(20-10-4-2-5-11-20)21-12-6-3-7-13-21;/h2-15,23,25-28H,16-19H2,1H3;1H. The molecule has 2 bridgehead atoms. The fraction of sp³-hybridized carbons (Fsp3) is 0.333. The molecule has 0 aliphatic carbocycles. The molecule has 2 saturated heterocycles. The number of para-hydroxylation sites is 1. The fourth-order valence-corrected chi connectivity index (χ4v) is 5.58. The molecule has 5 rings (SSSR count). The SMILES string of the molecule is COc1ccccc1CNC1C2CCN(C2)C1C(c1ccccc1)c1ccccc1.Cl. The Kier molecular flexibility index (Phi) is 6.96. The molecule has 0 amide bonds. The summed E-state index contributed by atoms with van der Waals surface area (Å²) in [6.45, 7) is 3.24. The van der Waals surface area contributed by atoms with Crippen molar-refractivity contribution in [2.24, 2.45) is 5.92 Å². The summed E-state index contributed by atoms with van der Waals surface area (Å²) in [4.78, 5) is 2.72. The van der Waals surface area contributed by atoms with Crippen LogP contribution >= 0.6 is 12.4 Å². The lowest BCUT2D eigenvalue weighted by molar-refractivity contribution is 0.197. The molecule has 0 saturated carbocycles. The summed E-state index contributed by atoms with van der Waals surface area (Å²) in [5, 5.41) is 3.95. The van der Waals surface area contributed by atoms with Crippen molar-refractivity contribution in [2.45, 2.75) is 31.0 Å². The number of rotatable bonds is 7. The van der Waals surface area contributed by atoms with Crippen molar-refractivity contribution in [3.8, 4) is 5.75 Å². The van der Waals surface area contributed by atoms with Crippen LogP contribution in [0.2, 0.25) is 0 Å². The van der Waals surface area contributed by atoms with Crippen molar-refractivity contribution in [3.63, 3.8) is 0 Å². The Hall–Kier alpha value is -2.33. The van der Waals surface area contributed by atoms with E-state index in [1.807, 2.05) is 6.07 Å². The zero-order chi connectivity index (χ0) is 20.3. The normalized spacial score (nSPS) is 24.2. The zero-order valence-corrected chi connectivity index (χ0v) is 18.8. The van der Waals surface area contributed by atoms with Gasteiger partial charge in [-0.15, -0.1) is 12.4 Å². The van der Waals surface area contributed by atoms with E-state index in [1.54, 1.807) is 7.11 Å². The molecule has 0 radical (unpaired) electrons. The largest absolute Gasteiger partial charge is 0.496 e. The molecule has 2 fully saturated rings. The first-order valence-electron chi connectivity index (χ1n) is 11.0. The van der Waals surface area contributed by atoms with Gasteiger partial charge in [-0.1, -0.05) is 78.9 Å². The molecule has 2 heterocycles. The van der Waals surface area contributed by atoms with Gasteiger partial charge in [0.15, 0.2) is 0 Å². The van der Waals surface area contributed by atoms with Crippen LogP contribution in [0.25, 0.3) is 0 Å². The Balaban J connectivity index is 0.00000231. The van der Waals surface area contributed by atoms with Crippen molar-refractivity contribution in [1.29, 1.82) is 0 Å². The minimum atomic E-state index is 0. The summed E-state index contributed by atoms with van der Waals surface area (Å²) < 4.78 is 5.58. The van der Waals surface area contributed by atoms with Crippen LogP contribution < -0.4 is 10.1 Å². The van der Waals surface area contributed by atoms with Gasteiger partial charge in [0.05, 0.1) is 7.11 Å². The minimum Gasteiger partial charge on any atom is -0.496 e. The second-order valence-electron chi connectivity index (χ2n) is 8.55. The number of nitrogens with zero attached hydrogens (tertiary/aromatic N) is 1. The summed E-state index contributed by atoms with van der Waals surface area (Å²) >= 11 is 0. The number of ether oxygens (including phenoxy) is 1. The van der Waals surface area contributed by atoms with E-state index < -0.39 is 0 Å². The summed E-state index contributed by atoms with van der Waals surface area (Å²) in [6.07, 6.45) is 1.29. The highest BCUT2D eigenvalue weighted by atomic mass is 35.5. The highest BCUT2D eigenvalue weighted by Gasteiger charge is 2.49. The van der Waals surface area contributed by atoms with Crippen LogP contribution in [0, 0.1) is 5.92 Å². The molecular formula is C27H31ClN2O. The average molecular weight is 435 g/mol. The van der Waals surface area contributed by atoms with E-state index in [1.165, 1.54) is 36.2 Å². The first kappa shape index (κ1) is 21.9. The number of hydrogen-bond donors (Lipinski definition) is 1. The van der Waals surface area contributed by atoms with Gasteiger partial charge in [-0.2, -0.15) is 0 Å². The predicted octanol–water partition coefficient (Wildman–Crippen LogP) is 5.11. The van der Waals surface area contributed by atoms with Gasteiger partial charge in [0.25, 0.3) is 0 Å². The molecule has 0 spiro atoms. The lowest BCUT2D eigenvalue weighted by Gasteiger charge is -2.39. The van der Waals surface area contributed by atoms with Crippen LogP contribution in [0.15, 0.2) is 84.9 Å². The molecule has 4 unspecified atom stereocenters. The molecule has 4 heteroatoms. The highest BCUT2D eigenvalue weighted by molar-refractivity contribution is 5.85. The van der Waals surface area contributed by atoms with E-state index in [0.717, 1.165) is 12.3 Å². The monoisotopic (exact) mass is 434 g/mol. The Morgan fingerprint density at radius 2 is 1.52 bits per heavy atom.